The predicted molar refractivity (Wildman–Crippen MR) is 72.3 cm³/mol. The van der Waals surface area contributed by atoms with E-state index in [-0.39, 0.29) is 23.7 Å². The van der Waals surface area contributed by atoms with Gasteiger partial charge in [-0.2, -0.15) is 0 Å². The lowest BCUT2D eigenvalue weighted by Gasteiger charge is -2.36. The lowest BCUT2D eigenvalue weighted by Crippen LogP contribution is -2.46. The Hall–Kier alpha value is -1.86. The zero-order valence-electron chi connectivity index (χ0n) is 10.5. The summed E-state index contributed by atoms with van der Waals surface area (Å²) < 4.78 is 5.26. The Morgan fingerprint density at radius 3 is 3.00 bits per heavy atom. The van der Waals surface area contributed by atoms with E-state index in [1.54, 1.807) is 17.0 Å². The number of ether oxygens (including phenoxy) is 1. The molecular weight excluding hydrogens is 288 g/mol. The number of morpholine rings is 1. The van der Waals surface area contributed by atoms with Gasteiger partial charge in [0.1, 0.15) is 10.7 Å². The summed E-state index contributed by atoms with van der Waals surface area (Å²) in [5, 5.41) is 20.1. The van der Waals surface area contributed by atoms with Gasteiger partial charge in [0, 0.05) is 6.54 Å². The smallest absolute Gasteiger partial charge is 0.310 e. The van der Waals surface area contributed by atoms with Gasteiger partial charge in [-0.25, -0.2) is 0 Å². The van der Waals surface area contributed by atoms with E-state index in [0.29, 0.717) is 18.8 Å². The van der Waals surface area contributed by atoms with Crippen molar-refractivity contribution in [1.29, 1.82) is 0 Å². The Labute approximate surface area is 119 Å². The first-order valence-electron chi connectivity index (χ1n) is 5.99. The van der Waals surface area contributed by atoms with E-state index in [1.165, 1.54) is 6.07 Å². The molecule has 0 saturated carbocycles. The predicted octanol–water partition coefficient (Wildman–Crippen LogP) is 1.93. The fourth-order valence-electron chi connectivity index (χ4n) is 2.26. The van der Waals surface area contributed by atoms with Gasteiger partial charge in [-0.3, -0.25) is 14.9 Å². The summed E-state index contributed by atoms with van der Waals surface area (Å²) in [4.78, 5) is 23.2. The molecule has 1 heterocycles. The molecule has 1 atom stereocenters. The van der Waals surface area contributed by atoms with E-state index in [1.807, 2.05) is 0 Å². The summed E-state index contributed by atoms with van der Waals surface area (Å²) in [6.07, 6.45) is -0.149. The summed E-state index contributed by atoms with van der Waals surface area (Å²) in [6.45, 7) is 0.995. The number of hydrogen-bond donors (Lipinski definition) is 1. The number of benzene rings is 1. The summed E-state index contributed by atoms with van der Waals surface area (Å²) in [7, 11) is 0. The van der Waals surface area contributed by atoms with Gasteiger partial charge < -0.3 is 14.7 Å². The largest absolute Gasteiger partial charge is 0.481 e. The number of carboxylic acid groups (broad SMARTS) is 1. The Morgan fingerprint density at radius 1 is 1.60 bits per heavy atom. The van der Waals surface area contributed by atoms with E-state index in [2.05, 4.69) is 0 Å². The molecule has 108 valence electrons. The van der Waals surface area contributed by atoms with Crippen LogP contribution < -0.4 is 4.90 Å². The number of nitro benzene ring substituents is 1. The summed E-state index contributed by atoms with van der Waals surface area (Å²) in [6, 6.07) is 4.18. The van der Waals surface area contributed by atoms with Gasteiger partial charge >= 0.3 is 11.7 Å². The molecule has 1 aliphatic rings. The van der Waals surface area contributed by atoms with Crippen molar-refractivity contribution in [3.05, 3.63) is 33.3 Å². The quantitative estimate of drug-likeness (QED) is 0.674. The van der Waals surface area contributed by atoms with Gasteiger partial charge in [0.2, 0.25) is 0 Å². The number of para-hydroxylation sites is 1. The molecule has 0 radical (unpaired) electrons. The van der Waals surface area contributed by atoms with Crippen LogP contribution in [0.1, 0.15) is 6.42 Å². The number of anilines is 1. The van der Waals surface area contributed by atoms with Crippen LogP contribution in [-0.2, 0) is 9.53 Å². The van der Waals surface area contributed by atoms with Crippen molar-refractivity contribution < 1.29 is 19.6 Å². The Kier molecular flexibility index (Phi) is 4.41. The van der Waals surface area contributed by atoms with Gasteiger partial charge in [0.15, 0.2) is 0 Å². The SMILES string of the molecule is O=C(O)CC1COCCN1c1cccc(Cl)c1[N+](=O)[O-]. The van der Waals surface area contributed by atoms with Crippen LogP contribution in [0, 0.1) is 10.1 Å². The molecule has 1 fully saturated rings. The van der Waals surface area contributed by atoms with Crippen LogP contribution in [-0.4, -0.2) is 41.8 Å². The average Bonchev–Trinajstić information content (AvgIpc) is 2.38. The number of halogens is 1. The number of carboxylic acids is 1. The number of hydrogen-bond acceptors (Lipinski definition) is 5. The molecule has 0 aromatic heterocycles. The van der Waals surface area contributed by atoms with E-state index < -0.39 is 16.9 Å². The van der Waals surface area contributed by atoms with Crippen LogP contribution in [0.25, 0.3) is 0 Å². The number of aliphatic carboxylic acids is 1. The monoisotopic (exact) mass is 300 g/mol. The van der Waals surface area contributed by atoms with Gasteiger partial charge in [-0.1, -0.05) is 17.7 Å². The number of carbonyl (C=O) groups is 1. The summed E-state index contributed by atoms with van der Waals surface area (Å²) >= 11 is 5.88. The summed E-state index contributed by atoms with van der Waals surface area (Å²) in [5.74, 6) is -0.977. The normalized spacial score (nSPS) is 18.9. The topological polar surface area (TPSA) is 92.9 Å². The third-order valence-electron chi connectivity index (χ3n) is 3.10. The van der Waals surface area contributed by atoms with Crippen LogP contribution >= 0.6 is 11.6 Å². The first-order valence-corrected chi connectivity index (χ1v) is 6.37. The Bertz CT molecular complexity index is 537. The molecule has 0 spiro atoms. The summed E-state index contributed by atoms with van der Waals surface area (Å²) in [5.41, 5.74) is 0.128. The molecule has 2 rings (SSSR count). The minimum atomic E-state index is -0.977. The highest BCUT2D eigenvalue weighted by molar-refractivity contribution is 6.33. The van der Waals surface area contributed by atoms with Crippen molar-refractivity contribution in [3.63, 3.8) is 0 Å². The van der Waals surface area contributed by atoms with E-state index in [9.17, 15) is 14.9 Å². The first-order chi connectivity index (χ1) is 9.50. The van der Waals surface area contributed by atoms with Crippen LogP contribution in [0.2, 0.25) is 5.02 Å². The molecule has 20 heavy (non-hydrogen) atoms. The number of nitrogens with zero attached hydrogens (tertiary/aromatic N) is 2. The van der Waals surface area contributed by atoms with E-state index >= 15 is 0 Å². The van der Waals surface area contributed by atoms with Gasteiger partial charge in [-0.05, 0) is 12.1 Å². The third kappa shape index (κ3) is 3.00. The zero-order chi connectivity index (χ0) is 14.7. The van der Waals surface area contributed by atoms with Crippen molar-refractivity contribution >= 4 is 28.9 Å². The van der Waals surface area contributed by atoms with E-state index in [0.717, 1.165) is 0 Å². The number of nitro groups is 1. The Balaban J connectivity index is 2.39. The molecule has 1 aromatic carbocycles. The highest BCUT2D eigenvalue weighted by Crippen LogP contribution is 2.36. The fourth-order valence-corrected chi connectivity index (χ4v) is 2.50. The van der Waals surface area contributed by atoms with Gasteiger partial charge in [0.25, 0.3) is 0 Å². The minimum Gasteiger partial charge on any atom is -0.481 e. The van der Waals surface area contributed by atoms with Crippen molar-refractivity contribution in [2.45, 2.75) is 12.5 Å². The molecular formula is C12H13ClN2O5. The maximum absolute atomic E-state index is 11.2. The molecule has 1 saturated heterocycles. The second-order valence-corrected chi connectivity index (χ2v) is 4.79. The van der Waals surface area contributed by atoms with Gasteiger partial charge in [0.05, 0.1) is 30.6 Å². The second-order valence-electron chi connectivity index (χ2n) is 4.38. The first kappa shape index (κ1) is 14.5. The lowest BCUT2D eigenvalue weighted by atomic mass is 10.1. The maximum Gasteiger partial charge on any atom is 0.310 e. The third-order valence-corrected chi connectivity index (χ3v) is 3.40. The van der Waals surface area contributed by atoms with Crippen LogP contribution in [0.4, 0.5) is 11.4 Å². The number of rotatable bonds is 4. The van der Waals surface area contributed by atoms with Crippen molar-refractivity contribution in [3.8, 4) is 0 Å². The Morgan fingerprint density at radius 2 is 2.35 bits per heavy atom. The van der Waals surface area contributed by atoms with Gasteiger partial charge in [-0.15, -0.1) is 0 Å². The molecule has 0 amide bonds. The van der Waals surface area contributed by atoms with Crippen molar-refractivity contribution in [2.75, 3.05) is 24.7 Å². The molecule has 7 nitrogen and oxygen atoms in total. The molecule has 1 unspecified atom stereocenters. The molecule has 0 bridgehead atoms. The molecule has 0 aliphatic carbocycles. The average molecular weight is 301 g/mol. The van der Waals surface area contributed by atoms with Crippen molar-refractivity contribution in [2.24, 2.45) is 0 Å². The molecule has 1 aliphatic heterocycles. The van der Waals surface area contributed by atoms with E-state index in [4.69, 9.17) is 21.4 Å². The zero-order valence-corrected chi connectivity index (χ0v) is 11.2. The molecule has 1 aromatic rings. The highest BCUT2D eigenvalue weighted by atomic mass is 35.5. The van der Waals surface area contributed by atoms with Crippen LogP contribution in [0.5, 0.6) is 0 Å². The van der Waals surface area contributed by atoms with Crippen molar-refractivity contribution in [1.82, 2.24) is 0 Å². The van der Waals surface area contributed by atoms with Crippen LogP contribution in [0.3, 0.4) is 0 Å². The highest BCUT2D eigenvalue weighted by Gasteiger charge is 2.31. The molecule has 1 N–H and O–H groups in total. The standard InChI is InChI=1S/C12H13ClN2O5/c13-9-2-1-3-10(12(9)15(18)19)14-4-5-20-7-8(14)6-11(16)17/h1-3,8H,4-7H2,(H,16,17). The molecule has 8 heteroatoms. The second kappa shape index (κ2) is 6.06. The lowest BCUT2D eigenvalue weighted by molar-refractivity contribution is -0.384. The fraction of sp³-hybridized carbons (Fsp3) is 0.417. The minimum absolute atomic E-state index is 0.0352. The maximum atomic E-state index is 11.2. The van der Waals surface area contributed by atoms with Crippen LogP contribution in [0.15, 0.2) is 18.2 Å².